The highest BCUT2D eigenvalue weighted by atomic mass is 16.4. The number of hydrogen-bond donors (Lipinski definition) is 1. The van der Waals surface area contributed by atoms with Gasteiger partial charge in [-0.1, -0.05) is 6.07 Å². The van der Waals surface area contributed by atoms with Crippen LogP contribution < -0.4 is 0 Å². The molecule has 0 saturated heterocycles. The minimum atomic E-state index is -0.687. The van der Waals surface area contributed by atoms with Crippen LogP contribution in [0.5, 0.6) is 0 Å². The van der Waals surface area contributed by atoms with Crippen LogP contribution in [0.25, 0.3) is 10.9 Å². The largest absolute Gasteiger partial charge is 0.481 e. The zero-order chi connectivity index (χ0) is 13.7. The van der Waals surface area contributed by atoms with Crippen LogP contribution in [0.1, 0.15) is 41.1 Å². The van der Waals surface area contributed by atoms with Gasteiger partial charge >= 0.3 is 5.97 Å². The second kappa shape index (κ2) is 4.12. The second-order valence-electron chi connectivity index (χ2n) is 5.68. The number of aromatic nitrogens is 1. The van der Waals surface area contributed by atoms with Gasteiger partial charge in [0.25, 0.3) is 0 Å². The molecule has 19 heavy (non-hydrogen) atoms. The summed E-state index contributed by atoms with van der Waals surface area (Å²) in [6.07, 6.45) is 2.71. The molecule has 2 aromatic rings. The zero-order valence-corrected chi connectivity index (χ0v) is 11.7. The SMILES string of the molecule is Cc1cc(C)c2c3c(n(C)c2c1)CCCC3C(=O)O. The Morgan fingerprint density at radius 1 is 1.37 bits per heavy atom. The number of carboxylic acid groups (broad SMARTS) is 1. The van der Waals surface area contributed by atoms with E-state index in [1.54, 1.807) is 0 Å². The van der Waals surface area contributed by atoms with Crippen molar-refractivity contribution in [3.8, 4) is 0 Å². The maximum atomic E-state index is 11.5. The van der Waals surface area contributed by atoms with Crippen molar-refractivity contribution in [1.82, 2.24) is 4.57 Å². The average Bonchev–Trinajstić information content (AvgIpc) is 2.63. The Morgan fingerprint density at radius 2 is 2.11 bits per heavy atom. The van der Waals surface area contributed by atoms with E-state index in [4.69, 9.17) is 0 Å². The minimum Gasteiger partial charge on any atom is -0.481 e. The third-order valence-electron chi connectivity index (χ3n) is 4.36. The Kier molecular flexibility index (Phi) is 2.66. The fraction of sp³-hybridized carbons (Fsp3) is 0.438. The summed E-state index contributed by atoms with van der Waals surface area (Å²) in [6.45, 7) is 4.18. The molecule has 1 aliphatic rings. The molecule has 1 atom stereocenters. The highest BCUT2D eigenvalue weighted by molar-refractivity contribution is 5.94. The first-order chi connectivity index (χ1) is 9.00. The lowest BCUT2D eigenvalue weighted by Crippen LogP contribution is -2.18. The number of nitrogens with zero attached hydrogens (tertiary/aromatic N) is 1. The molecule has 1 heterocycles. The molecule has 1 aliphatic carbocycles. The summed E-state index contributed by atoms with van der Waals surface area (Å²) >= 11 is 0. The standard InChI is InChI=1S/C16H19NO2/c1-9-7-10(2)14-13(8-9)17(3)12-6-4-5-11(15(12)14)16(18)19/h7-8,11H,4-6H2,1-3H3,(H,18,19). The smallest absolute Gasteiger partial charge is 0.311 e. The van der Waals surface area contributed by atoms with E-state index >= 15 is 0 Å². The topological polar surface area (TPSA) is 42.2 Å². The van der Waals surface area contributed by atoms with Crippen LogP contribution in [-0.4, -0.2) is 15.6 Å². The lowest BCUT2D eigenvalue weighted by atomic mass is 9.84. The fourth-order valence-electron chi connectivity index (χ4n) is 3.57. The number of benzene rings is 1. The second-order valence-corrected chi connectivity index (χ2v) is 5.68. The van der Waals surface area contributed by atoms with E-state index in [1.807, 2.05) is 0 Å². The van der Waals surface area contributed by atoms with E-state index < -0.39 is 5.97 Å². The van der Waals surface area contributed by atoms with Crippen LogP contribution in [0.3, 0.4) is 0 Å². The number of hydrogen-bond acceptors (Lipinski definition) is 1. The first-order valence-electron chi connectivity index (χ1n) is 6.82. The highest BCUT2D eigenvalue weighted by Crippen LogP contribution is 2.40. The molecule has 1 unspecified atom stereocenters. The van der Waals surface area contributed by atoms with E-state index in [-0.39, 0.29) is 5.92 Å². The van der Waals surface area contributed by atoms with Gasteiger partial charge in [0.1, 0.15) is 0 Å². The Labute approximate surface area is 112 Å². The zero-order valence-electron chi connectivity index (χ0n) is 11.7. The molecule has 0 bridgehead atoms. The van der Waals surface area contributed by atoms with Gasteiger partial charge in [-0.15, -0.1) is 0 Å². The van der Waals surface area contributed by atoms with Crippen LogP contribution in [0.2, 0.25) is 0 Å². The Bertz CT molecular complexity index is 682. The van der Waals surface area contributed by atoms with Crippen LogP contribution in [-0.2, 0) is 18.3 Å². The van der Waals surface area contributed by atoms with Gasteiger partial charge in [0.15, 0.2) is 0 Å². The summed E-state index contributed by atoms with van der Waals surface area (Å²) in [4.78, 5) is 11.5. The summed E-state index contributed by atoms with van der Waals surface area (Å²) < 4.78 is 2.19. The molecular formula is C16H19NO2. The monoisotopic (exact) mass is 257 g/mol. The van der Waals surface area contributed by atoms with E-state index in [1.165, 1.54) is 22.3 Å². The van der Waals surface area contributed by atoms with Crippen LogP contribution >= 0.6 is 0 Å². The van der Waals surface area contributed by atoms with Crippen LogP contribution in [0.15, 0.2) is 12.1 Å². The van der Waals surface area contributed by atoms with Gasteiger partial charge in [0.2, 0.25) is 0 Å². The summed E-state index contributed by atoms with van der Waals surface area (Å²) in [7, 11) is 2.06. The molecule has 100 valence electrons. The third-order valence-corrected chi connectivity index (χ3v) is 4.36. The quantitative estimate of drug-likeness (QED) is 0.851. The van der Waals surface area contributed by atoms with Gasteiger partial charge in [-0.2, -0.15) is 0 Å². The maximum Gasteiger partial charge on any atom is 0.311 e. The number of aryl methyl sites for hydroxylation is 3. The molecule has 1 aromatic carbocycles. The predicted octanol–water partition coefficient (Wildman–Crippen LogP) is 3.30. The van der Waals surface area contributed by atoms with Crippen molar-refractivity contribution in [2.45, 2.75) is 39.0 Å². The minimum absolute atomic E-state index is 0.339. The molecule has 0 aliphatic heterocycles. The van der Waals surface area contributed by atoms with Crippen molar-refractivity contribution in [2.75, 3.05) is 0 Å². The molecule has 1 N–H and O–H groups in total. The molecule has 1 aromatic heterocycles. The lowest BCUT2D eigenvalue weighted by Gasteiger charge is -2.20. The molecule has 0 fully saturated rings. The first kappa shape index (κ1) is 12.3. The van der Waals surface area contributed by atoms with Crippen molar-refractivity contribution in [3.63, 3.8) is 0 Å². The van der Waals surface area contributed by atoms with Gasteiger partial charge in [0.05, 0.1) is 5.92 Å². The van der Waals surface area contributed by atoms with E-state index in [2.05, 4.69) is 37.6 Å². The molecule has 3 nitrogen and oxygen atoms in total. The molecule has 0 radical (unpaired) electrons. The summed E-state index contributed by atoms with van der Waals surface area (Å²) in [5.41, 5.74) is 5.88. The number of aliphatic carboxylic acids is 1. The van der Waals surface area contributed by atoms with Crippen molar-refractivity contribution < 1.29 is 9.90 Å². The average molecular weight is 257 g/mol. The van der Waals surface area contributed by atoms with E-state index in [0.717, 1.165) is 30.2 Å². The van der Waals surface area contributed by atoms with Gasteiger partial charge in [0, 0.05) is 23.6 Å². The summed E-state index contributed by atoms with van der Waals surface area (Å²) in [5.74, 6) is -1.03. The first-order valence-corrected chi connectivity index (χ1v) is 6.82. The van der Waals surface area contributed by atoms with Gasteiger partial charge in [-0.25, -0.2) is 0 Å². The molecule has 0 amide bonds. The van der Waals surface area contributed by atoms with Gasteiger partial charge in [-0.05, 0) is 55.9 Å². The van der Waals surface area contributed by atoms with Gasteiger partial charge < -0.3 is 9.67 Å². The number of carbonyl (C=O) groups is 1. The summed E-state index contributed by atoms with van der Waals surface area (Å²) in [5, 5.41) is 10.7. The molecule has 0 saturated carbocycles. The lowest BCUT2D eigenvalue weighted by molar-refractivity contribution is -0.139. The van der Waals surface area contributed by atoms with Gasteiger partial charge in [-0.3, -0.25) is 4.79 Å². The molecule has 0 spiro atoms. The van der Waals surface area contributed by atoms with Crippen LogP contribution in [0, 0.1) is 13.8 Å². The number of carboxylic acids is 1. The number of rotatable bonds is 1. The maximum absolute atomic E-state index is 11.5. The Balaban J connectivity index is 2.41. The number of fused-ring (bicyclic) bond motifs is 3. The highest BCUT2D eigenvalue weighted by Gasteiger charge is 2.31. The fourth-order valence-corrected chi connectivity index (χ4v) is 3.57. The Hall–Kier alpha value is -1.77. The summed E-state index contributed by atoms with van der Waals surface area (Å²) in [6, 6.07) is 4.32. The van der Waals surface area contributed by atoms with Crippen molar-refractivity contribution in [2.24, 2.45) is 7.05 Å². The van der Waals surface area contributed by atoms with E-state index in [9.17, 15) is 9.90 Å². The van der Waals surface area contributed by atoms with Crippen molar-refractivity contribution in [1.29, 1.82) is 0 Å². The Morgan fingerprint density at radius 3 is 2.79 bits per heavy atom. The predicted molar refractivity (Wildman–Crippen MR) is 75.7 cm³/mol. The molecule has 3 rings (SSSR count). The van der Waals surface area contributed by atoms with Crippen molar-refractivity contribution in [3.05, 3.63) is 34.5 Å². The van der Waals surface area contributed by atoms with Crippen LogP contribution in [0.4, 0.5) is 0 Å². The van der Waals surface area contributed by atoms with Crippen molar-refractivity contribution >= 4 is 16.9 Å². The normalized spacial score (nSPS) is 18.6. The third kappa shape index (κ3) is 1.68. The molecular weight excluding hydrogens is 238 g/mol. The molecule has 3 heteroatoms. The van der Waals surface area contributed by atoms with E-state index in [0.29, 0.717) is 0 Å².